The molecule has 0 amide bonds. The van der Waals surface area contributed by atoms with Crippen molar-refractivity contribution in [2.45, 2.75) is 90.5 Å². The van der Waals surface area contributed by atoms with Gasteiger partial charge in [0.05, 0.1) is 6.61 Å². The van der Waals surface area contributed by atoms with Gasteiger partial charge in [-0.3, -0.25) is 4.79 Å². The van der Waals surface area contributed by atoms with Gasteiger partial charge < -0.3 is 10.1 Å². The van der Waals surface area contributed by atoms with Crippen LogP contribution in [0.1, 0.15) is 84.6 Å². The zero-order chi connectivity index (χ0) is 19.0. The number of carbonyl (C=O) groups excluding carboxylic acids is 1. The zero-order valence-corrected chi connectivity index (χ0v) is 17.1. The molecule has 3 nitrogen and oxygen atoms in total. The molecular formula is C23H37NO2. The first-order valence-electron chi connectivity index (χ1n) is 10.4. The van der Waals surface area contributed by atoms with Gasteiger partial charge in [0.15, 0.2) is 0 Å². The van der Waals surface area contributed by atoms with E-state index in [1.54, 1.807) is 0 Å². The molecule has 1 aliphatic carbocycles. The maximum Gasteiger partial charge on any atom is 0.305 e. The molecule has 1 aromatic carbocycles. The normalized spacial score (nSPS) is 20.6. The van der Waals surface area contributed by atoms with E-state index < -0.39 is 0 Å². The molecule has 0 radical (unpaired) electrons. The lowest BCUT2D eigenvalue weighted by atomic mass is 9.83. The molecule has 0 saturated heterocycles. The number of ether oxygens (including phenoxy) is 1. The Bertz CT molecular complexity index is 536. The smallest absolute Gasteiger partial charge is 0.305 e. The Balaban J connectivity index is 1.65. The van der Waals surface area contributed by atoms with Crippen LogP contribution in [-0.2, 0) is 14.9 Å². The molecule has 0 aliphatic heterocycles. The minimum atomic E-state index is -0.0436. The topological polar surface area (TPSA) is 38.3 Å². The molecular weight excluding hydrogens is 322 g/mol. The maximum absolute atomic E-state index is 11.4. The first kappa shape index (κ1) is 20.8. The van der Waals surface area contributed by atoms with Gasteiger partial charge in [0.2, 0.25) is 0 Å². The quantitative estimate of drug-likeness (QED) is 0.451. The lowest BCUT2D eigenvalue weighted by Crippen LogP contribution is -2.26. The van der Waals surface area contributed by atoms with Crippen molar-refractivity contribution in [3.8, 4) is 0 Å². The highest BCUT2D eigenvalue weighted by atomic mass is 16.5. The number of rotatable bonds is 8. The summed E-state index contributed by atoms with van der Waals surface area (Å²) in [5.41, 5.74) is 2.84. The van der Waals surface area contributed by atoms with Gasteiger partial charge >= 0.3 is 5.97 Å². The first-order chi connectivity index (χ1) is 12.4. The third-order valence-electron chi connectivity index (χ3n) is 5.52. The third kappa shape index (κ3) is 7.01. The van der Waals surface area contributed by atoms with Gasteiger partial charge in [-0.25, -0.2) is 0 Å². The van der Waals surface area contributed by atoms with Gasteiger partial charge in [-0.1, -0.05) is 45.7 Å². The summed E-state index contributed by atoms with van der Waals surface area (Å²) in [4.78, 5) is 11.4. The maximum atomic E-state index is 11.4. The summed E-state index contributed by atoms with van der Waals surface area (Å²) in [7, 11) is 0. The summed E-state index contributed by atoms with van der Waals surface area (Å²) < 4.78 is 4.98. The van der Waals surface area contributed by atoms with Crippen LogP contribution in [-0.4, -0.2) is 18.6 Å². The minimum Gasteiger partial charge on any atom is -0.466 e. The molecule has 1 aliphatic rings. The Kier molecular flexibility index (Phi) is 7.99. The molecule has 3 heteroatoms. The highest BCUT2D eigenvalue weighted by Gasteiger charge is 2.21. The molecule has 26 heavy (non-hydrogen) atoms. The Morgan fingerprint density at radius 3 is 2.31 bits per heavy atom. The van der Waals surface area contributed by atoms with E-state index in [9.17, 15) is 4.79 Å². The van der Waals surface area contributed by atoms with Crippen molar-refractivity contribution in [1.82, 2.24) is 0 Å². The highest BCUT2D eigenvalue weighted by molar-refractivity contribution is 5.69. The SMILES string of the molecule is CCOC(=O)CCCCC1CCC(Nc2ccc(C(C)(C)C)cc2)CC1. The molecule has 0 unspecified atom stereocenters. The second kappa shape index (κ2) is 9.99. The molecule has 1 fully saturated rings. The van der Waals surface area contributed by atoms with E-state index >= 15 is 0 Å². The lowest BCUT2D eigenvalue weighted by Gasteiger charge is -2.30. The predicted octanol–water partition coefficient (Wildman–Crippen LogP) is 6.08. The van der Waals surface area contributed by atoms with E-state index in [0.29, 0.717) is 19.1 Å². The molecule has 0 bridgehead atoms. The Hall–Kier alpha value is -1.51. The number of benzene rings is 1. The number of hydrogen-bond donors (Lipinski definition) is 1. The van der Waals surface area contributed by atoms with Crippen LogP contribution < -0.4 is 5.32 Å². The largest absolute Gasteiger partial charge is 0.466 e. The van der Waals surface area contributed by atoms with Crippen molar-refractivity contribution in [3.63, 3.8) is 0 Å². The molecule has 1 saturated carbocycles. The molecule has 1 N–H and O–H groups in total. The number of carbonyl (C=O) groups is 1. The monoisotopic (exact) mass is 359 g/mol. The van der Waals surface area contributed by atoms with E-state index in [4.69, 9.17) is 4.74 Å². The summed E-state index contributed by atoms with van der Waals surface area (Å²) in [6.45, 7) is 9.12. The van der Waals surface area contributed by atoms with Crippen LogP contribution in [0.4, 0.5) is 5.69 Å². The fraction of sp³-hybridized carbons (Fsp3) is 0.696. The van der Waals surface area contributed by atoms with Crippen LogP contribution in [0, 0.1) is 5.92 Å². The highest BCUT2D eigenvalue weighted by Crippen LogP contribution is 2.31. The zero-order valence-electron chi connectivity index (χ0n) is 17.1. The van der Waals surface area contributed by atoms with Gasteiger partial charge in [0.25, 0.3) is 0 Å². The average Bonchev–Trinajstić information content (AvgIpc) is 2.60. The van der Waals surface area contributed by atoms with Crippen molar-refractivity contribution < 1.29 is 9.53 Å². The number of hydrogen-bond acceptors (Lipinski definition) is 3. The number of esters is 1. The standard InChI is InChI=1S/C23H37NO2/c1-5-26-22(25)9-7-6-8-18-10-14-20(15-11-18)24-21-16-12-19(13-17-21)23(2,3)4/h12-13,16-18,20,24H,5-11,14-15H2,1-4H3. The van der Waals surface area contributed by atoms with E-state index in [0.717, 1.165) is 18.8 Å². The van der Waals surface area contributed by atoms with Crippen LogP contribution in [0.15, 0.2) is 24.3 Å². The summed E-state index contributed by atoms with van der Waals surface area (Å²) in [6, 6.07) is 9.55. The fourth-order valence-electron chi connectivity index (χ4n) is 3.83. The second-order valence-electron chi connectivity index (χ2n) is 8.74. The summed E-state index contributed by atoms with van der Waals surface area (Å²) in [6.07, 6.45) is 9.07. The predicted molar refractivity (Wildman–Crippen MR) is 110 cm³/mol. The van der Waals surface area contributed by atoms with E-state index in [1.165, 1.54) is 43.4 Å². The number of anilines is 1. The molecule has 2 rings (SSSR count). The molecule has 0 atom stereocenters. The molecule has 0 heterocycles. The van der Waals surface area contributed by atoms with Gasteiger partial charge in [0, 0.05) is 18.2 Å². The molecule has 1 aromatic rings. The van der Waals surface area contributed by atoms with Crippen LogP contribution in [0.25, 0.3) is 0 Å². The van der Waals surface area contributed by atoms with Crippen LogP contribution in [0.2, 0.25) is 0 Å². The minimum absolute atomic E-state index is 0.0436. The van der Waals surface area contributed by atoms with Crippen LogP contribution >= 0.6 is 0 Å². The molecule has 0 aromatic heterocycles. The lowest BCUT2D eigenvalue weighted by molar-refractivity contribution is -0.143. The van der Waals surface area contributed by atoms with Crippen molar-refractivity contribution in [3.05, 3.63) is 29.8 Å². The van der Waals surface area contributed by atoms with Crippen molar-refractivity contribution in [1.29, 1.82) is 0 Å². The van der Waals surface area contributed by atoms with Crippen molar-refractivity contribution >= 4 is 11.7 Å². The van der Waals surface area contributed by atoms with Crippen molar-refractivity contribution in [2.24, 2.45) is 5.92 Å². The summed E-state index contributed by atoms with van der Waals surface area (Å²) in [5.74, 6) is 0.788. The third-order valence-corrected chi connectivity index (χ3v) is 5.52. The van der Waals surface area contributed by atoms with Gasteiger partial charge in [0.1, 0.15) is 0 Å². The van der Waals surface area contributed by atoms with Crippen LogP contribution in [0.5, 0.6) is 0 Å². The second-order valence-corrected chi connectivity index (χ2v) is 8.74. The number of unbranched alkanes of at least 4 members (excludes halogenated alkanes) is 1. The number of nitrogens with one attached hydrogen (secondary N) is 1. The fourth-order valence-corrected chi connectivity index (χ4v) is 3.83. The molecule has 146 valence electrons. The first-order valence-corrected chi connectivity index (χ1v) is 10.4. The summed E-state index contributed by atoms with van der Waals surface area (Å²) >= 11 is 0. The molecule has 0 spiro atoms. The van der Waals surface area contributed by atoms with E-state index in [1.807, 2.05) is 6.92 Å². The van der Waals surface area contributed by atoms with Gasteiger partial charge in [-0.15, -0.1) is 0 Å². The Morgan fingerprint density at radius 2 is 1.73 bits per heavy atom. The average molecular weight is 360 g/mol. The van der Waals surface area contributed by atoms with E-state index in [2.05, 4.69) is 50.4 Å². The van der Waals surface area contributed by atoms with Crippen LogP contribution in [0.3, 0.4) is 0 Å². The Labute approximate surface area is 159 Å². The van der Waals surface area contributed by atoms with Gasteiger partial charge in [-0.05, 0) is 68.1 Å². The van der Waals surface area contributed by atoms with Crippen molar-refractivity contribution in [2.75, 3.05) is 11.9 Å². The van der Waals surface area contributed by atoms with E-state index in [-0.39, 0.29) is 11.4 Å². The summed E-state index contributed by atoms with van der Waals surface area (Å²) in [5, 5.41) is 3.72. The van der Waals surface area contributed by atoms with Gasteiger partial charge in [-0.2, -0.15) is 0 Å². The Morgan fingerprint density at radius 1 is 1.08 bits per heavy atom.